The predicted octanol–water partition coefficient (Wildman–Crippen LogP) is 4.14. The molecule has 2 heterocycles. The summed E-state index contributed by atoms with van der Waals surface area (Å²) in [6, 6.07) is 15.8. The molecule has 0 atom stereocenters. The quantitative estimate of drug-likeness (QED) is 0.473. The van der Waals surface area contributed by atoms with E-state index in [1.54, 1.807) is 0 Å². The number of carbonyl (C=O) groups excluding carboxylic acids is 1. The molecule has 7 heteroatoms. The lowest BCUT2D eigenvalue weighted by atomic mass is 10.2. The van der Waals surface area contributed by atoms with Crippen molar-refractivity contribution in [2.75, 3.05) is 30.3 Å². The number of aromatic nitrogens is 3. The highest BCUT2D eigenvalue weighted by Crippen LogP contribution is 2.31. The molecule has 0 aliphatic rings. The van der Waals surface area contributed by atoms with Crippen molar-refractivity contribution >= 4 is 39.6 Å². The molecule has 1 amide bonds. The number of rotatable bonds is 7. The minimum Gasteiger partial charge on any atom is -0.384 e. The maximum atomic E-state index is 13.0. The van der Waals surface area contributed by atoms with Crippen LogP contribution in [0.4, 0.5) is 11.5 Å². The lowest BCUT2D eigenvalue weighted by Gasteiger charge is -2.21. The highest BCUT2D eigenvalue weighted by Gasteiger charge is 2.24. The lowest BCUT2D eigenvalue weighted by Crippen LogP contribution is -2.25. The second-order valence-corrected chi connectivity index (χ2v) is 7.42. The maximum Gasteiger partial charge on any atom is 0.257 e. The van der Waals surface area contributed by atoms with Crippen LogP contribution in [0.15, 0.2) is 48.5 Å². The van der Waals surface area contributed by atoms with Crippen molar-refractivity contribution < 1.29 is 4.79 Å². The predicted molar refractivity (Wildman–Crippen MR) is 127 cm³/mol. The monoisotopic (exact) mass is 416 g/mol. The molecule has 3 N–H and O–H groups in total. The fourth-order valence-electron chi connectivity index (χ4n) is 3.87. The molecule has 7 nitrogen and oxygen atoms in total. The Morgan fingerprint density at radius 3 is 2.26 bits per heavy atom. The normalized spacial score (nSPS) is 11.2. The summed E-state index contributed by atoms with van der Waals surface area (Å²) >= 11 is 0. The zero-order chi connectivity index (χ0) is 22.0. The maximum absolute atomic E-state index is 13.0. The van der Waals surface area contributed by atoms with Crippen molar-refractivity contribution in [1.82, 2.24) is 19.9 Å². The zero-order valence-corrected chi connectivity index (χ0v) is 18.2. The number of hydrogen-bond acceptors (Lipinski definition) is 5. The minimum atomic E-state index is -0.229. The summed E-state index contributed by atoms with van der Waals surface area (Å²) in [5, 5.41) is 2.93. The number of anilines is 2. The van der Waals surface area contributed by atoms with Crippen molar-refractivity contribution in [3.63, 3.8) is 0 Å². The number of nitrogens with two attached hydrogens (primary N) is 1. The van der Waals surface area contributed by atoms with Gasteiger partial charge in [0.15, 0.2) is 5.65 Å². The molecule has 2 aromatic carbocycles. The first-order valence-corrected chi connectivity index (χ1v) is 10.8. The molecular weight excluding hydrogens is 388 g/mol. The number of fused-ring (bicyclic) bond motifs is 2. The number of benzene rings is 2. The fraction of sp³-hybridized carbons (Fsp3) is 0.292. The van der Waals surface area contributed by atoms with Crippen molar-refractivity contribution in [3.8, 4) is 5.69 Å². The van der Waals surface area contributed by atoms with Gasteiger partial charge < -0.3 is 16.0 Å². The molecule has 0 radical (unpaired) electrons. The van der Waals surface area contributed by atoms with Gasteiger partial charge in [-0.25, -0.2) is 9.97 Å². The van der Waals surface area contributed by atoms with Gasteiger partial charge in [0.1, 0.15) is 16.9 Å². The van der Waals surface area contributed by atoms with Gasteiger partial charge in [-0.15, -0.1) is 0 Å². The lowest BCUT2D eigenvalue weighted by molar-refractivity contribution is 0.0956. The average Bonchev–Trinajstić information content (AvgIpc) is 3.08. The molecule has 0 fully saturated rings. The third kappa shape index (κ3) is 3.67. The number of amides is 1. The highest BCUT2D eigenvalue weighted by atomic mass is 16.1. The standard InChI is InChI=1S/C24H28N6O/c1-4-15-26-24(31)20-21-23(28-19-10-8-7-9-18(19)27-21)30(22(20)25)17-13-11-16(12-14-17)29(5-2)6-3/h7-14H,4-6,15,25H2,1-3H3,(H,26,31). The molecule has 0 spiro atoms. The Labute approximate surface area is 181 Å². The minimum absolute atomic E-state index is 0.229. The molecule has 31 heavy (non-hydrogen) atoms. The van der Waals surface area contributed by atoms with Gasteiger partial charge in [0.2, 0.25) is 0 Å². The molecule has 0 saturated heterocycles. The topological polar surface area (TPSA) is 89.1 Å². The van der Waals surface area contributed by atoms with E-state index in [0.717, 1.165) is 41.9 Å². The van der Waals surface area contributed by atoms with Crippen molar-refractivity contribution in [2.24, 2.45) is 0 Å². The molecule has 4 rings (SSSR count). The third-order valence-electron chi connectivity index (χ3n) is 5.50. The molecule has 0 bridgehead atoms. The molecule has 2 aromatic heterocycles. The summed E-state index contributed by atoms with van der Waals surface area (Å²) in [4.78, 5) is 24.8. The van der Waals surface area contributed by atoms with Gasteiger partial charge >= 0.3 is 0 Å². The number of nitrogen functional groups attached to an aromatic ring is 1. The van der Waals surface area contributed by atoms with Gasteiger partial charge in [-0.1, -0.05) is 19.1 Å². The first kappa shape index (κ1) is 20.7. The van der Waals surface area contributed by atoms with Gasteiger partial charge in [-0.05, 0) is 56.7 Å². The Hall–Kier alpha value is -3.61. The second kappa shape index (κ2) is 8.63. The molecule has 4 aromatic rings. The molecule has 0 saturated carbocycles. The summed E-state index contributed by atoms with van der Waals surface area (Å²) in [6.07, 6.45) is 0.839. The number of carbonyl (C=O) groups is 1. The van der Waals surface area contributed by atoms with Crippen LogP contribution in [0.1, 0.15) is 37.6 Å². The van der Waals surface area contributed by atoms with Gasteiger partial charge in [-0.2, -0.15) is 0 Å². The Balaban J connectivity index is 1.92. The average molecular weight is 417 g/mol. The van der Waals surface area contributed by atoms with Gasteiger partial charge in [0, 0.05) is 31.0 Å². The van der Waals surface area contributed by atoms with E-state index >= 15 is 0 Å². The van der Waals surface area contributed by atoms with Crippen molar-refractivity contribution in [3.05, 3.63) is 54.1 Å². The Kier molecular flexibility index (Phi) is 5.75. The summed E-state index contributed by atoms with van der Waals surface area (Å²) in [5.74, 6) is 0.113. The van der Waals surface area contributed by atoms with E-state index in [9.17, 15) is 4.79 Å². The SMILES string of the molecule is CCCNC(=O)c1c(N)n(-c2ccc(N(CC)CC)cc2)c2nc3ccccc3nc12. The first-order valence-electron chi connectivity index (χ1n) is 10.8. The van der Waals surface area contributed by atoms with E-state index < -0.39 is 0 Å². The van der Waals surface area contributed by atoms with Crippen LogP contribution in [0.3, 0.4) is 0 Å². The van der Waals surface area contributed by atoms with Crippen molar-refractivity contribution in [2.45, 2.75) is 27.2 Å². The summed E-state index contributed by atoms with van der Waals surface area (Å²) in [5.41, 5.74) is 11.5. The summed E-state index contributed by atoms with van der Waals surface area (Å²) < 4.78 is 1.82. The van der Waals surface area contributed by atoms with E-state index in [1.165, 1.54) is 0 Å². The molecular formula is C24H28N6O. The number of nitrogens with one attached hydrogen (secondary N) is 1. The van der Waals surface area contributed by atoms with Crippen molar-refractivity contribution in [1.29, 1.82) is 0 Å². The number of hydrogen-bond donors (Lipinski definition) is 2. The second-order valence-electron chi connectivity index (χ2n) is 7.42. The Morgan fingerprint density at radius 1 is 1.00 bits per heavy atom. The van der Waals surface area contributed by atoms with Gasteiger partial charge in [0.25, 0.3) is 5.91 Å². The summed E-state index contributed by atoms with van der Waals surface area (Å²) in [6.45, 7) is 8.73. The fourth-order valence-corrected chi connectivity index (χ4v) is 3.87. The van der Waals surface area contributed by atoms with Crippen LogP contribution < -0.4 is 16.0 Å². The van der Waals surface area contributed by atoms with Crippen LogP contribution in [-0.4, -0.2) is 40.1 Å². The largest absolute Gasteiger partial charge is 0.384 e. The molecule has 0 aliphatic carbocycles. The van der Waals surface area contributed by atoms with Crippen LogP contribution in [0.2, 0.25) is 0 Å². The van der Waals surface area contributed by atoms with Gasteiger partial charge in [-0.3, -0.25) is 9.36 Å². The molecule has 160 valence electrons. The van der Waals surface area contributed by atoms with Crippen LogP contribution in [0.25, 0.3) is 27.9 Å². The Bertz CT molecular complexity index is 1220. The van der Waals surface area contributed by atoms with Crippen LogP contribution >= 0.6 is 0 Å². The third-order valence-corrected chi connectivity index (χ3v) is 5.50. The smallest absolute Gasteiger partial charge is 0.257 e. The first-order chi connectivity index (χ1) is 15.1. The Morgan fingerprint density at radius 2 is 1.65 bits per heavy atom. The molecule has 0 aliphatic heterocycles. The number of nitrogens with zero attached hydrogens (tertiary/aromatic N) is 4. The summed E-state index contributed by atoms with van der Waals surface area (Å²) in [7, 11) is 0. The van der Waals surface area contributed by atoms with E-state index in [4.69, 9.17) is 15.7 Å². The zero-order valence-electron chi connectivity index (χ0n) is 18.2. The molecule has 0 unspecified atom stereocenters. The van der Waals surface area contributed by atoms with E-state index in [-0.39, 0.29) is 5.91 Å². The van der Waals surface area contributed by atoms with Crippen LogP contribution in [0, 0.1) is 0 Å². The number of para-hydroxylation sites is 2. The highest BCUT2D eigenvalue weighted by molar-refractivity contribution is 6.11. The van der Waals surface area contributed by atoms with E-state index in [1.807, 2.05) is 47.9 Å². The van der Waals surface area contributed by atoms with E-state index in [2.05, 4.69) is 36.2 Å². The van der Waals surface area contributed by atoms with Gasteiger partial charge in [0.05, 0.1) is 11.0 Å². The van der Waals surface area contributed by atoms with Crippen LogP contribution in [0.5, 0.6) is 0 Å². The van der Waals surface area contributed by atoms with Crippen LogP contribution in [-0.2, 0) is 0 Å². The van der Waals surface area contributed by atoms with E-state index in [0.29, 0.717) is 29.1 Å².